The molecule has 2 saturated heterocycles. The number of benzene rings is 1. The van der Waals surface area contributed by atoms with Crippen LogP contribution in [0.1, 0.15) is 75.1 Å². The highest BCUT2D eigenvalue weighted by atomic mass is 32.2. The third-order valence-electron chi connectivity index (χ3n) is 6.66. The number of piperidine rings is 1. The minimum atomic E-state index is -0.218. The van der Waals surface area contributed by atoms with Gasteiger partial charge < -0.3 is 19.3 Å². The largest absolute Gasteiger partial charge is 0.497 e. The molecule has 0 radical (unpaired) electrons. The number of ether oxygens (including phenoxy) is 2. The lowest BCUT2D eigenvalue weighted by molar-refractivity contribution is -0.132. The van der Waals surface area contributed by atoms with Crippen LogP contribution >= 0.6 is 11.8 Å². The zero-order valence-corrected chi connectivity index (χ0v) is 20.7. The Kier molecular flexibility index (Phi) is 9.14. The molecule has 2 amide bonds. The van der Waals surface area contributed by atoms with E-state index < -0.39 is 0 Å². The number of hydrogen-bond acceptors (Lipinski definition) is 5. The number of thioether (sulfide) groups is 1. The van der Waals surface area contributed by atoms with Crippen LogP contribution in [0, 0.1) is 0 Å². The molecule has 178 valence electrons. The maximum Gasteiger partial charge on any atom is 0.255 e. The average molecular weight is 463 g/mol. The third kappa shape index (κ3) is 5.91. The van der Waals surface area contributed by atoms with Crippen molar-refractivity contribution < 1.29 is 19.1 Å². The van der Waals surface area contributed by atoms with Crippen LogP contribution in [0.15, 0.2) is 18.2 Å². The Bertz CT molecular complexity index is 755. The Hall–Kier alpha value is -1.89. The van der Waals surface area contributed by atoms with Gasteiger partial charge in [-0.2, -0.15) is 0 Å². The molecule has 0 aromatic heterocycles. The predicted octanol–water partition coefficient (Wildman–Crippen LogP) is 4.96. The summed E-state index contributed by atoms with van der Waals surface area (Å²) in [6.07, 6.45) is 9.48. The topological polar surface area (TPSA) is 59.1 Å². The van der Waals surface area contributed by atoms with Crippen molar-refractivity contribution in [2.24, 2.45) is 0 Å². The van der Waals surface area contributed by atoms with Crippen molar-refractivity contribution in [1.82, 2.24) is 9.80 Å². The van der Waals surface area contributed by atoms with Crippen LogP contribution in [0.5, 0.6) is 11.5 Å². The summed E-state index contributed by atoms with van der Waals surface area (Å²) in [6.45, 7) is 4.41. The molecule has 2 aliphatic heterocycles. The fourth-order valence-corrected chi connectivity index (χ4v) is 6.17. The van der Waals surface area contributed by atoms with Crippen LogP contribution in [0.25, 0.3) is 0 Å². The van der Waals surface area contributed by atoms with Crippen molar-refractivity contribution in [2.45, 2.75) is 69.6 Å². The summed E-state index contributed by atoms with van der Waals surface area (Å²) in [7, 11) is 3.18. The summed E-state index contributed by atoms with van der Waals surface area (Å²) >= 11 is 1.86. The summed E-state index contributed by atoms with van der Waals surface area (Å²) in [5, 5.41) is 0. The molecule has 1 aromatic rings. The third-order valence-corrected chi connectivity index (χ3v) is 8.22. The van der Waals surface area contributed by atoms with E-state index in [0.717, 1.165) is 51.1 Å². The number of amides is 2. The second-order valence-corrected chi connectivity index (χ2v) is 10.2. The van der Waals surface area contributed by atoms with Gasteiger partial charge in [-0.25, -0.2) is 0 Å². The van der Waals surface area contributed by atoms with Gasteiger partial charge in [0.25, 0.3) is 5.91 Å². The molecule has 0 unspecified atom stereocenters. The van der Waals surface area contributed by atoms with Crippen molar-refractivity contribution in [1.29, 1.82) is 0 Å². The molecule has 6 nitrogen and oxygen atoms in total. The first-order valence-electron chi connectivity index (χ1n) is 12.0. The molecule has 32 heavy (non-hydrogen) atoms. The first kappa shape index (κ1) is 24.7. The standard InChI is InChI=1S/C25H38N2O4S/c1-4-5-6-7-8-9-10-23(28)26-13-11-25(12-14-26)27(15-16-32-25)24(29)20-17-21(30-2)19-22(18-20)31-3/h17-19H,4-16H2,1-3H3. The Morgan fingerprint density at radius 1 is 0.938 bits per heavy atom. The van der Waals surface area contributed by atoms with Crippen LogP contribution in [0.2, 0.25) is 0 Å². The first-order chi connectivity index (χ1) is 15.5. The smallest absolute Gasteiger partial charge is 0.255 e. The second-order valence-electron chi connectivity index (χ2n) is 8.75. The highest BCUT2D eigenvalue weighted by molar-refractivity contribution is 8.00. The first-order valence-corrected chi connectivity index (χ1v) is 13.0. The lowest BCUT2D eigenvalue weighted by atomic mass is 10.00. The Morgan fingerprint density at radius 3 is 2.19 bits per heavy atom. The zero-order valence-electron chi connectivity index (χ0n) is 19.9. The van der Waals surface area contributed by atoms with E-state index in [2.05, 4.69) is 6.92 Å². The number of nitrogens with zero attached hydrogens (tertiary/aromatic N) is 2. The highest BCUT2D eigenvalue weighted by Crippen LogP contribution is 2.45. The molecular weight excluding hydrogens is 424 g/mol. The average Bonchev–Trinajstić information content (AvgIpc) is 3.23. The predicted molar refractivity (Wildman–Crippen MR) is 130 cm³/mol. The van der Waals surface area contributed by atoms with Gasteiger partial charge in [0.1, 0.15) is 11.5 Å². The number of rotatable bonds is 10. The minimum Gasteiger partial charge on any atom is -0.497 e. The lowest BCUT2D eigenvalue weighted by Crippen LogP contribution is -2.53. The number of likely N-dealkylation sites (tertiary alicyclic amines) is 1. The number of carbonyl (C=O) groups excluding carboxylic acids is 2. The van der Waals surface area contributed by atoms with Crippen LogP contribution in [-0.4, -0.2) is 66.1 Å². The van der Waals surface area contributed by atoms with E-state index in [4.69, 9.17) is 9.47 Å². The molecule has 2 heterocycles. The summed E-state index contributed by atoms with van der Waals surface area (Å²) in [6, 6.07) is 5.33. The van der Waals surface area contributed by atoms with Crippen molar-refractivity contribution in [3.63, 3.8) is 0 Å². The minimum absolute atomic E-state index is 0.0130. The quantitative estimate of drug-likeness (QED) is 0.460. The van der Waals surface area contributed by atoms with E-state index in [-0.39, 0.29) is 16.7 Å². The normalized spacial score (nSPS) is 17.6. The molecule has 1 aromatic carbocycles. The molecule has 7 heteroatoms. The summed E-state index contributed by atoms with van der Waals surface area (Å²) in [4.78, 5) is 29.9. The molecule has 2 fully saturated rings. The number of unbranched alkanes of at least 4 members (excludes halogenated alkanes) is 5. The molecule has 3 rings (SSSR count). The van der Waals surface area contributed by atoms with E-state index in [0.29, 0.717) is 23.5 Å². The van der Waals surface area contributed by atoms with Crippen LogP contribution in [0.3, 0.4) is 0 Å². The van der Waals surface area contributed by atoms with Gasteiger partial charge in [-0.05, 0) is 31.4 Å². The fourth-order valence-electron chi connectivity index (χ4n) is 4.72. The summed E-state index contributed by atoms with van der Waals surface area (Å²) in [5.41, 5.74) is 0.588. The van der Waals surface area contributed by atoms with Gasteiger partial charge in [0.15, 0.2) is 0 Å². The Labute approximate surface area is 197 Å². The van der Waals surface area contributed by atoms with Crippen molar-refractivity contribution in [3.05, 3.63) is 23.8 Å². The molecule has 0 N–H and O–H groups in total. The fraction of sp³-hybridized carbons (Fsp3) is 0.680. The van der Waals surface area contributed by atoms with Crippen LogP contribution < -0.4 is 9.47 Å². The van der Waals surface area contributed by atoms with Gasteiger partial charge in [-0.3, -0.25) is 9.59 Å². The number of hydrogen-bond donors (Lipinski definition) is 0. The van der Waals surface area contributed by atoms with E-state index in [9.17, 15) is 9.59 Å². The second kappa shape index (κ2) is 11.8. The van der Waals surface area contributed by atoms with Gasteiger partial charge in [0.2, 0.25) is 5.91 Å². The van der Waals surface area contributed by atoms with Gasteiger partial charge in [-0.1, -0.05) is 39.0 Å². The molecular formula is C25H38N2O4S. The van der Waals surface area contributed by atoms with E-state index >= 15 is 0 Å². The van der Waals surface area contributed by atoms with Crippen LogP contribution in [-0.2, 0) is 4.79 Å². The summed E-state index contributed by atoms with van der Waals surface area (Å²) in [5.74, 6) is 2.44. The van der Waals surface area contributed by atoms with Crippen molar-refractivity contribution in [3.8, 4) is 11.5 Å². The molecule has 0 atom stereocenters. The number of methoxy groups -OCH3 is 2. The van der Waals surface area contributed by atoms with Crippen molar-refractivity contribution in [2.75, 3.05) is 39.6 Å². The van der Waals surface area contributed by atoms with Gasteiger partial charge in [-0.15, -0.1) is 11.8 Å². The molecule has 1 spiro atoms. The number of carbonyl (C=O) groups is 2. The van der Waals surface area contributed by atoms with E-state index in [1.165, 1.54) is 25.7 Å². The SMILES string of the molecule is CCCCCCCCC(=O)N1CCC2(CC1)SCCN2C(=O)c1cc(OC)cc(OC)c1. The van der Waals surface area contributed by atoms with E-state index in [1.807, 2.05) is 21.6 Å². The van der Waals surface area contributed by atoms with Crippen LogP contribution in [0.4, 0.5) is 0 Å². The lowest BCUT2D eigenvalue weighted by Gasteiger charge is -2.44. The Morgan fingerprint density at radius 2 is 1.56 bits per heavy atom. The van der Waals surface area contributed by atoms with E-state index in [1.54, 1.807) is 32.4 Å². The molecule has 0 bridgehead atoms. The monoisotopic (exact) mass is 462 g/mol. The van der Waals surface area contributed by atoms with Gasteiger partial charge in [0, 0.05) is 43.4 Å². The zero-order chi connectivity index (χ0) is 23.0. The molecule has 2 aliphatic rings. The maximum absolute atomic E-state index is 13.4. The summed E-state index contributed by atoms with van der Waals surface area (Å²) < 4.78 is 10.7. The van der Waals surface area contributed by atoms with Gasteiger partial charge in [0.05, 0.1) is 19.1 Å². The Balaban J connectivity index is 1.56. The van der Waals surface area contributed by atoms with Crippen molar-refractivity contribution >= 4 is 23.6 Å². The highest BCUT2D eigenvalue weighted by Gasteiger charge is 2.47. The molecule has 0 saturated carbocycles. The molecule has 0 aliphatic carbocycles. The van der Waals surface area contributed by atoms with Gasteiger partial charge >= 0.3 is 0 Å². The maximum atomic E-state index is 13.4.